The standard InChI is InChI=1S/C25H23N5O2/c1-14-5-9-16(10-6-14)22-20(24(31)29-27-22)19(18-4-3-13-26-18)21-23(28-30-25(21)32)17-11-7-15(2)8-12-17/h3-13,19,26H,1-2H3,(H2,27,29,31)(H2,28,30,32). The molecule has 3 aromatic heterocycles. The quantitative estimate of drug-likeness (QED) is 0.291. The first-order chi connectivity index (χ1) is 15.5. The van der Waals surface area contributed by atoms with E-state index in [4.69, 9.17) is 0 Å². The van der Waals surface area contributed by atoms with E-state index in [1.807, 2.05) is 74.5 Å². The Hall–Kier alpha value is -4.26. The molecule has 0 aliphatic heterocycles. The monoisotopic (exact) mass is 425 g/mol. The third-order valence-corrected chi connectivity index (χ3v) is 5.82. The van der Waals surface area contributed by atoms with Crippen LogP contribution < -0.4 is 11.1 Å². The zero-order chi connectivity index (χ0) is 22.2. The number of H-pyrrole nitrogens is 5. The molecule has 0 atom stereocenters. The molecule has 0 spiro atoms. The van der Waals surface area contributed by atoms with E-state index in [0.717, 1.165) is 27.9 Å². The molecule has 0 bridgehead atoms. The lowest BCUT2D eigenvalue weighted by molar-refractivity contribution is 0.917. The normalized spacial score (nSPS) is 11.3. The Morgan fingerprint density at radius 1 is 0.625 bits per heavy atom. The number of nitrogens with one attached hydrogen (secondary N) is 5. The van der Waals surface area contributed by atoms with Crippen LogP contribution in [0.5, 0.6) is 0 Å². The van der Waals surface area contributed by atoms with Gasteiger partial charge in [0.15, 0.2) is 0 Å². The van der Waals surface area contributed by atoms with Crippen molar-refractivity contribution < 1.29 is 0 Å². The maximum Gasteiger partial charge on any atom is 0.268 e. The fraction of sp³-hybridized carbons (Fsp3) is 0.120. The topological polar surface area (TPSA) is 113 Å². The highest BCUT2D eigenvalue weighted by Gasteiger charge is 2.31. The van der Waals surface area contributed by atoms with Crippen LogP contribution in [0.15, 0.2) is 76.4 Å². The summed E-state index contributed by atoms with van der Waals surface area (Å²) < 4.78 is 0. The van der Waals surface area contributed by atoms with Crippen molar-refractivity contribution in [3.63, 3.8) is 0 Å². The molecule has 160 valence electrons. The van der Waals surface area contributed by atoms with Crippen LogP contribution in [0.25, 0.3) is 22.5 Å². The van der Waals surface area contributed by atoms with E-state index in [9.17, 15) is 9.59 Å². The maximum atomic E-state index is 13.1. The summed E-state index contributed by atoms with van der Waals surface area (Å²) in [6.45, 7) is 4.03. The van der Waals surface area contributed by atoms with Gasteiger partial charge in [-0.25, -0.2) is 0 Å². The Balaban J connectivity index is 1.77. The minimum atomic E-state index is -0.609. The van der Waals surface area contributed by atoms with Gasteiger partial charge in [-0.05, 0) is 37.1 Å². The van der Waals surface area contributed by atoms with Crippen molar-refractivity contribution in [2.75, 3.05) is 0 Å². The van der Waals surface area contributed by atoms with Crippen molar-refractivity contribution in [3.05, 3.63) is 116 Å². The molecular weight excluding hydrogens is 402 g/mol. The van der Waals surface area contributed by atoms with Crippen LogP contribution in [0.3, 0.4) is 0 Å². The van der Waals surface area contributed by atoms with Crippen LogP contribution in [0.1, 0.15) is 33.9 Å². The Bertz CT molecular complexity index is 1370. The Kier molecular flexibility index (Phi) is 4.78. The second-order valence-corrected chi connectivity index (χ2v) is 8.03. The number of hydrogen-bond acceptors (Lipinski definition) is 2. The lowest BCUT2D eigenvalue weighted by Gasteiger charge is -2.16. The van der Waals surface area contributed by atoms with Crippen LogP contribution in [-0.2, 0) is 0 Å². The van der Waals surface area contributed by atoms with Gasteiger partial charge in [-0.2, -0.15) is 0 Å². The van der Waals surface area contributed by atoms with Crippen molar-refractivity contribution in [1.82, 2.24) is 25.4 Å². The smallest absolute Gasteiger partial charge is 0.268 e. The summed E-state index contributed by atoms with van der Waals surface area (Å²) in [4.78, 5) is 29.4. The molecule has 5 aromatic rings. The summed E-state index contributed by atoms with van der Waals surface area (Å²) in [5.74, 6) is -0.609. The van der Waals surface area contributed by atoms with E-state index in [1.54, 1.807) is 6.20 Å². The summed E-state index contributed by atoms with van der Waals surface area (Å²) in [5, 5.41) is 11.5. The molecule has 2 aromatic carbocycles. The summed E-state index contributed by atoms with van der Waals surface area (Å²) >= 11 is 0. The van der Waals surface area contributed by atoms with Gasteiger partial charge in [0.1, 0.15) is 0 Å². The molecule has 0 aliphatic carbocycles. The first-order valence-corrected chi connectivity index (χ1v) is 10.4. The van der Waals surface area contributed by atoms with Crippen molar-refractivity contribution in [3.8, 4) is 22.5 Å². The van der Waals surface area contributed by atoms with Gasteiger partial charge in [0, 0.05) is 11.9 Å². The Morgan fingerprint density at radius 3 is 1.50 bits per heavy atom. The molecule has 0 radical (unpaired) electrons. The Labute approximate surface area is 183 Å². The molecule has 7 nitrogen and oxygen atoms in total. The van der Waals surface area contributed by atoms with Gasteiger partial charge >= 0.3 is 0 Å². The van der Waals surface area contributed by atoms with Crippen molar-refractivity contribution in [2.24, 2.45) is 0 Å². The fourth-order valence-electron chi connectivity index (χ4n) is 4.16. The van der Waals surface area contributed by atoms with Gasteiger partial charge in [0.05, 0.1) is 28.4 Å². The van der Waals surface area contributed by atoms with Crippen molar-refractivity contribution in [2.45, 2.75) is 19.8 Å². The molecule has 0 amide bonds. The molecule has 0 saturated heterocycles. The number of aromatic amines is 5. The molecule has 32 heavy (non-hydrogen) atoms. The van der Waals surface area contributed by atoms with Gasteiger partial charge in [0.2, 0.25) is 0 Å². The number of aryl methyl sites for hydroxylation is 2. The highest BCUT2D eigenvalue weighted by Crippen LogP contribution is 2.36. The van der Waals surface area contributed by atoms with Gasteiger partial charge in [-0.1, -0.05) is 59.7 Å². The highest BCUT2D eigenvalue weighted by molar-refractivity contribution is 5.70. The highest BCUT2D eigenvalue weighted by atomic mass is 16.1. The third kappa shape index (κ3) is 3.33. The van der Waals surface area contributed by atoms with Crippen LogP contribution >= 0.6 is 0 Å². The minimum Gasteiger partial charge on any atom is -0.364 e. The summed E-state index contributed by atoms with van der Waals surface area (Å²) in [6.07, 6.45) is 1.79. The second kappa shape index (κ2) is 7.77. The SMILES string of the molecule is Cc1ccc(-c2[nH][nH]c(=O)c2C(c2ccc[nH]2)c2c(-c3ccc(C)cc3)[nH][nH]c2=O)cc1. The molecule has 3 heterocycles. The van der Waals surface area contributed by atoms with Gasteiger partial charge in [0.25, 0.3) is 11.1 Å². The Morgan fingerprint density at radius 2 is 1.09 bits per heavy atom. The number of aromatic nitrogens is 5. The van der Waals surface area contributed by atoms with Gasteiger partial charge in [-0.15, -0.1) is 0 Å². The first kappa shape index (κ1) is 19.7. The average molecular weight is 425 g/mol. The maximum absolute atomic E-state index is 13.1. The van der Waals surface area contributed by atoms with Crippen LogP contribution in [0.2, 0.25) is 0 Å². The van der Waals surface area contributed by atoms with Gasteiger partial charge in [-0.3, -0.25) is 30.0 Å². The van der Waals surface area contributed by atoms with Crippen LogP contribution in [-0.4, -0.2) is 25.4 Å². The summed E-state index contributed by atoms with van der Waals surface area (Å²) in [6, 6.07) is 19.6. The van der Waals surface area contributed by atoms with E-state index in [1.165, 1.54) is 0 Å². The molecule has 5 N–H and O–H groups in total. The molecule has 0 saturated carbocycles. The van der Waals surface area contributed by atoms with Crippen LogP contribution in [0, 0.1) is 13.8 Å². The third-order valence-electron chi connectivity index (χ3n) is 5.82. The molecule has 0 fully saturated rings. The van der Waals surface area contributed by atoms with E-state index in [2.05, 4.69) is 25.4 Å². The molecule has 5 rings (SSSR count). The summed E-state index contributed by atoms with van der Waals surface area (Å²) in [7, 11) is 0. The lowest BCUT2D eigenvalue weighted by Crippen LogP contribution is -2.20. The van der Waals surface area contributed by atoms with E-state index >= 15 is 0 Å². The van der Waals surface area contributed by atoms with E-state index in [-0.39, 0.29) is 11.1 Å². The predicted octanol–water partition coefficient (Wildman–Crippen LogP) is 4.18. The number of rotatable bonds is 5. The zero-order valence-electron chi connectivity index (χ0n) is 17.7. The molecule has 0 aliphatic rings. The molecular formula is C25H23N5O2. The van der Waals surface area contributed by atoms with E-state index < -0.39 is 5.92 Å². The molecule has 0 unspecified atom stereocenters. The largest absolute Gasteiger partial charge is 0.364 e. The predicted molar refractivity (Wildman–Crippen MR) is 125 cm³/mol. The second-order valence-electron chi connectivity index (χ2n) is 8.03. The van der Waals surface area contributed by atoms with Crippen LogP contribution in [0.4, 0.5) is 0 Å². The van der Waals surface area contributed by atoms with Crippen molar-refractivity contribution >= 4 is 0 Å². The molecule has 7 heteroatoms. The van der Waals surface area contributed by atoms with Gasteiger partial charge < -0.3 is 4.98 Å². The lowest BCUT2D eigenvalue weighted by atomic mass is 9.86. The fourth-order valence-corrected chi connectivity index (χ4v) is 4.16. The first-order valence-electron chi connectivity index (χ1n) is 10.4. The summed E-state index contributed by atoms with van der Waals surface area (Å²) in [5.41, 5.74) is 6.47. The minimum absolute atomic E-state index is 0.268. The number of hydrogen-bond donors (Lipinski definition) is 5. The zero-order valence-corrected chi connectivity index (χ0v) is 17.7. The number of benzene rings is 2. The average Bonchev–Trinajstić information content (AvgIpc) is 3.53. The van der Waals surface area contributed by atoms with Crippen molar-refractivity contribution in [1.29, 1.82) is 0 Å². The van der Waals surface area contributed by atoms with E-state index in [0.29, 0.717) is 22.5 Å².